The largest absolute Gasteiger partial charge is 0.285 e. The highest BCUT2D eigenvalue weighted by Gasteiger charge is 2.29. The molecule has 0 bridgehead atoms. The average Bonchev–Trinajstić information content (AvgIpc) is 3.43. The highest BCUT2D eigenvalue weighted by molar-refractivity contribution is 5.83. The number of pyridine rings is 1. The van der Waals surface area contributed by atoms with Crippen molar-refractivity contribution >= 4 is 11.0 Å². The molecule has 1 aliphatic carbocycles. The number of benzene rings is 1. The van der Waals surface area contributed by atoms with E-state index in [4.69, 9.17) is 4.98 Å². The van der Waals surface area contributed by atoms with Crippen LogP contribution in [0.1, 0.15) is 36.9 Å². The normalized spacial score (nSPS) is 14.1. The number of hydrogen-bond donors (Lipinski definition) is 0. The number of fused-ring (bicyclic) bond motifs is 1. The van der Waals surface area contributed by atoms with Crippen molar-refractivity contribution in [1.29, 1.82) is 0 Å². The SMILES string of the molecule is CCn1ncc2nc(-c3c(C)n(C)n(-c4ccccc4)c3=O)cc(C3CC3)c21. The monoisotopic (exact) mass is 373 g/mol. The first-order valence-electron chi connectivity index (χ1n) is 9.81. The molecule has 3 aromatic heterocycles. The van der Waals surface area contributed by atoms with E-state index in [0.29, 0.717) is 11.5 Å². The van der Waals surface area contributed by atoms with Crippen molar-refractivity contribution in [2.24, 2.45) is 7.05 Å². The standard InChI is InChI=1S/C22H23N5O/c1-4-26-21-17(15-10-11-15)12-18(24-19(21)13-23-26)20-14(2)25(3)27(22(20)28)16-8-6-5-7-9-16/h5-9,12-13,15H,4,10-11H2,1-3H3. The molecule has 142 valence electrons. The lowest BCUT2D eigenvalue weighted by Gasteiger charge is -2.08. The van der Waals surface area contributed by atoms with Crippen molar-refractivity contribution in [3.8, 4) is 16.9 Å². The quantitative estimate of drug-likeness (QED) is 0.547. The highest BCUT2D eigenvalue weighted by atomic mass is 16.1. The first-order chi connectivity index (χ1) is 13.6. The van der Waals surface area contributed by atoms with Crippen molar-refractivity contribution in [2.45, 2.75) is 39.2 Å². The fourth-order valence-electron chi connectivity index (χ4n) is 4.07. The van der Waals surface area contributed by atoms with Gasteiger partial charge in [0.15, 0.2) is 0 Å². The molecule has 0 radical (unpaired) electrons. The Morgan fingerprint density at radius 1 is 1.18 bits per heavy atom. The molecular weight excluding hydrogens is 350 g/mol. The van der Waals surface area contributed by atoms with Crippen LogP contribution in [0.25, 0.3) is 28.0 Å². The van der Waals surface area contributed by atoms with Gasteiger partial charge in [-0.1, -0.05) is 18.2 Å². The molecule has 0 N–H and O–H groups in total. The minimum Gasteiger partial charge on any atom is -0.285 e. The first-order valence-corrected chi connectivity index (χ1v) is 9.81. The van der Waals surface area contributed by atoms with Gasteiger partial charge in [-0.05, 0) is 56.4 Å². The van der Waals surface area contributed by atoms with E-state index in [-0.39, 0.29) is 5.56 Å². The molecule has 1 saturated carbocycles. The predicted molar refractivity (Wildman–Crippen MR) is 110 cm³/mol. The minimum absolute atomic E-state index is 0.0392. The van der Waals surface area contributed by atoms with Crippen LogP contribution >= 0.6 is 0 Å². The van der Waals surface area contributed by atoms with Crippen LogP contribution in [0.5, 0.6) is 0 Å². The number of rotatable bonds is 4. The molecule has 1 aromatic carbocycles. The minimum atomic E-state index is -0.0392. The van der Waals surface area contributed by atoms with Crippen molar-refractivity contribution < 1.29 is 0 Å². The van der Waals surface area contributed by atoms with Crippen LogP contribution in [-0.4, -0.2) is 24.1 Å². The first kappa shape index (κ1) is 17.0. The van der Waals surface area contributed by atoms with Crippen LogP contribution in [0.15, 0.2) is 47.4 Å². The Morgan fingerprint density at radius 2 is 1.93 bits per heavy atom. The highest BCUT2D eigenvalue weighted by Crippen LogP contribution is 2.44. The summed E-state index contributed by atoms with van der Waals surface area (Å²) in [6, 6.07) is 11.8. The topological polar surface area (TPSA) is 57.6 Å². The Labute approximate surface area is 163 Å². The molecule has 6 heteroatoms. The summed E-state index contributed by atoms with van der Waals surface area (Å²) < 4.78 is 5.63. The Hall–Kier alpha value is -3.15. The van der Waals surface area contributed by atoms with Gasteiger partial charge in [-0.25, -0.2) is 9.67 Å². The fourth-order valence-corrected chi connectivity index (χ4v) is 4.07. The molecule has 0 aliphatic heterocycles. The third kappa shape index (κ3) is 2.44. The van der Waals surface area contributed by atoms with Gasteiger partial charge in [0, 0.05) is 19.3 Å². The van der Waals surface area contributed by atoms with Gasteiger partial charge in [0.05, 0.1) is 28.7 Å². The zero-order valence-corrected chi connectivity index (χ0v) is 16.4. The average molecular weight is 373 g/mol. The lowest BCUT2D eigenvalue weighted by molar-refractivity contribution is 0.630. The Bertz CT molecular complexity index is 1240. The van der Waals surface area contributed by atoms with E-state index in [9.17, 15) is 4.79 Å². The maximum Gasteiger partial charge on any atom is 0.281 e. The second kappa shape index (κ2) is 6.19. The number of aryl methyl sites for hydroxylation is 1. The maximum atomic E-state index is 13.4. The molecule has 5 rings (SSSR count). The second-order valence-electron chi connectivity index (χ2n) is 7.50. The molecule has 0 unspecified atom stereocenters. The smallest absolute Gasteiger partial charge is 0.281 e. The molecule has 0 amide bonds. The lowest BCUT2D eigenvalue weighted by atomic mass is 10.1. The number of hydrogen-bond acceptors (Lipinski definition) is 3. The van der Waals surface area contributed by atoms with E-state index in [2.05, 4.69) is 18.1 Å². The number of para-hydroxylation sites is 1. The van der Waals surface area contributed by atoms with E-state index in [0.717, 1.165) is 34.7 Å². The van der Waals surface area contributed by atoms with Crippen LogP contribution < -0.4 is 5.56 Å². The van der Waals surface area contributed by atoms with Crippen LogP contribution in [-0.2, 0) is 13.6 Å². The summed E-state index contributed by atoms with van der Waals surface area (Å²) in [5.74, 6) is 0.548. The van der Waals surface area contributed by atoms with Crippen molar-refractivity contribution in [1.82, 2.24) is 24.1 Å². The second-order valence-corrected chi connectivity index (χ2v) is 7.50. The van der Waals surface area contributed by atoms with Gasteiger partial charge in [-0.15, -0.1) is 0 Å². The van der Waals surface area contributed by atoms with Crippen molar-refractivity contribution in [2.75, 3.05) is 0 Å². The molecule has 28 heavy (non-hydrogen) atoms. The number of nitrogens with zero attached hydrogens (tertiary/aromatic N) is 5. The summed E-state index contributed by atoms with van der Waals surface area (Å²) >= 11 is 0. The van der Waals surface area contributed by atoms with Gasteiger partial charge < -0.3 is 0 Å². The fraction of sp³-hybridized carbons (Fsp3) is 0.318. The molecule has 0 saturated heterocycles. The van der Waals surface area contributed by atoms with Gasteiger partial charge in [0.25, 0.3) is 5.56 Å². The molecule has 0 spiro atoms. The molecule has 4 aromatic rings. The summed E-state index contributed by atoms with van der Waals surface area (Å²) in [5.41, 5.74) is 6.39. The Morgan fingerprint density at radius 3 is 2.61 bits per heavy atom. The number of aromatic nitrogens is 5. The van der Waals surface area contributed by atoms with Gasteiger partial charge in [-0.2, -0.15) is 5.10 Å². The van der Waals surface area contributed by atoms with Gasteiger partial charge in [-0.3, -0.25) is 14.2 Å². The summed E-state index contributed by atoms with van der Waals surface area (Å²) in [7, 11) is 1.92. The Balaban J connectivity index is 1.77. The zero-order chi connectivity index (χ0) is 19.4. The Kier molecular flexibility index (Phi) is 3.75. The lowest BCUT2D eigenvalue weighted by Crippen LogP contribution is -2.20. The van der Waals surface area contributed by atoms with Crippen LogP contribution in [0, 0.1) is 6.92 Å². The van der Waals surface area contributed by atoms with Gasteiger partial charge in [0.2, 0.25) is 0 Å². The molecule has 0 atom stereocenters. The molecule has 1 fully saturated rings. The summed E-state index contributed by atoms with van der Waals surface area (Å²) in [5, 5.41) is 4.50. The van der Waals surface area contributed by atoms with Crippen LogP contribution in [0.4, 0.5) is 0 Å². The zero-order valence-electron chi connectivity index (χ0n) is 16.4. The van der Waals surface area contributed by atoms with Crippen molar-refractivity contribution in [3.63, 3.8) is 0 Å². The molecule has 1 aliphatic rings. The molecular formula is C22H23N5O. The third-order valence-corrected chi connectivity index (χ3v) is 5.75. The molecule has 3 heterocycles. The summed E-state index contributed by atoms with van der Waals surface area (Å²) in [6.45, 7) is 4.89. The van der Waals surface area contributed by atoms with Gasteiger partial charge >= 0.3 is 0 Å². The van der Waals surface area contributed by atoms with E-state index in [1.807, 2.05) is 59.9 Å². The summed E-state index contributed by atoms with van der Waals surface area (Å²) in [4.78, 5) is 18.2. The van der Waals surface area contributed by atoms with E-state index < -0.39 is 0 Å². The van der Waals surface area contributed by atoms with E-state index in [1.165, 1.54) is 18.4 Å². The van der Waals surface area contributed by atoms with Crippen molar-refractivity contribution in [3.05, 3.63) is 64.2 Å². The van der Waals surface area contributed by atoms with Gasteiger partial charge in [0.1, 0.15) is 5.52 Å². The van der Waals surface area contributed by atoms with E-state index in [1.54, 1.807) is 4.68 Å². The third-order valence-electron chi connectivity index (χ3n) is 5.75. The molecule has 6 nitrogen and oxygen atoms in total. The maximum absolute atomic E-state index is 13.4. The van der Waals surface area contributed by atoms with Crippen LogP contribution in [0.3, 0.4) is 0 Å². The summed E-state index contributed by atoms with van der Waals surface area (Å²) in [6.07, 6.45) is 4.20. The van der Waals surface area contributed by atoms with Crippen LogP contribution in [0.2, 0.25) is 0 Å². The predicted octanol–water partition coefficient (Wildman–Crippen LogP) is 3.79. The van der Waals surface area contributed by atoms with E-state index >= 15 is 0 Å².